The van der Waals surface area contributed by atoms with Crippen molar-refractivity contribution in [3.8, 4) is 0 Å². The summed E-state index contributed by atoms with van der Waals surface area (Å²) in [6, 6.07) is 0. The van der Waals surface area contributed by atoms with Gasteiger partial charge in [-0.25, -0.2) is 9.36 Å². The van der Waals surface area contributed by atoms with Crippen molar-refractivity contribution in [3.63, 3.8) is 0 Å². The molecule has 24 heavy (non-hydrogen) atoms. The van der Waals surface area contributed by atoms with Gasteiger partial charge in [-0.05, 0) is 6.92 Å². The molecule has 5 N–H and O–H groups in total. The van der Waals surface area contributed by atoms with E-state index >= 15 is 0 Å². The molecule has 1 aromatic rings. The van der Waals surface area contributed by atoms with Crippen LogP contribution in [-0.2, 0) is 18.6 Å². The van der Waals surface area contributed by atoms with Crippen molar-refractivity contribution in [1.82, 2.24) is 9.55 Å². The van der Waals surface area contributed by atoms with Gasteiger partial charge in [-0.3, -0.25) is 23.7 Å². The van der Waals surface area contributed by atoms with Crippen molar-refractivity contribution in [3.05, 3.63) is 32.6 Å². The standard InChI is InChI=1S/C10H15N2O8P.CH2O2/c1-5-3-12(10(15)11-9(5)14)8-2-6(13)7(20-8)4-19-21(16,17)18;2-1-3/h3,6-8,13H,2,4H2,1H3,(H,11,14,15)(H2,16,17,18);1H,(H,2,3)/t6-,7+,8+;/m0./s1. The first kappa shape index (κ1) is 20.2. The fraction of sp³-hybridized carbons (Fsp3) is 0.545. The fourth-order valence-electron chi connectivity index (χ4n) is 2.01. The van der Waals surface area contributed by atoms with E-state index in [1.54, 1.807) is 0 Å². The molecule has 1 aliphatic rings. The quantitative estimate of drug-likeness (QED) is 0.303. The number of aromatic nitrogens is 2. The number of carbonyl (C=O) groups is 1. The second kappa shape index (κ2) is 8.33. The largest absolute Gasteiger partial charge is 0.483 e. The normalized spacial score (nSPS) is 23.4. The first-order valence-electron chi connectivity index (χ1n) is 6.52. The first-order chi connectivity index (χ1) is 11.1. The maximum absolute atomic E-state index is 11.7. The maximum Gasteiger partial charge on any atom is 0.469 e. The molecule has 2 rings (SSSR count). The number of carboxylic acid groups (broad SMARTS) is 1. The lowest BCUT2D eigenvalue weighted by Gasteiger charge is -2.16. The lowest BCUT2D eigenvalue weighted by molar-refractivity contribution is -0.122. The Morgan fingerprint density at radius 2 is 2.08 bits per heavy atom. The van der Waals surface area contributed by atoms with Crippen LogP contribution in [0.15, 0.2) is 15.8 Å². The number of phosphoric acid groups is 1. The molecular formula is C11H17N2O10P. The van der Waals surface area contributed by atoms with Gasteiger partial charge in [0.05, 0.1) is 12.7 Å². The van der Waals surface area contributed by atoms with Crippen molar-refractivity contribution >= 4 is 14.3 Å². The molecule has 0 saturated carbocycles. The topological polar surface area (TPSA) is 188 Å². The molecule has 0 amide bonds. The molecular weight excluding hydrogens is 351 g/mol. The zero-order chi connectivity index (χ0) is 18.5. The van der Waals surface area contributed by atoms with E-state index in [1.165, 1.54) is 13.1 Å². The molecule has 1 aliphatic heterocycles. The van der Waals surface area contributed by atoms with Gasteiger partial charge in [0.2, 0.25) is 0 Å². The molecule has 12 nitrogen and oxygen atoms in total. The van der Waals surface area contributed by atoms with Crippen LogP contribution in [0.25, 0.3) is 0 Å². The second-order valence-corrected chi connectivity index (χ2v) is 6.04. The van der Waals surface area contributed by atoms with E-state index in [-0.39, 0.29) is 12.9 Å². The van der Waals surface area contributed by atoms with Crippen LogP contribution in [-0.4, -0.2) is 54.8 Å². The minimum Gasteiger partial charge on any atom is -0.483 e. The summed E-state index contributed by atoms with van der Waals surface area (Å²) in [6.45, 7) is 0.744. The highest BCUT2D eigenvalue weighted by atomic mass is 31.2. The summed E-state index contributed by atoms with van der Waals surface area (Å²) in [5.41, 5.74) is -0.918. The minimum atomic E-state index is -4.67. The molecule has 2 heterocycles. The number of nitrogens with one attached hydrogen (secondary N) is 1. The second-order valence-electron chi connectivity index (χ2n) is 4.80. The van der Waals surface area contributed by atoms with Crippen molar-refractivity contribution in [2.45, 2.75) is 31.8 Å². The minimum absolute atomic E-state index is 0.0283. The van der Waals surface area contributed by atoms with Crippen LogP contribution in [0.3, 0.4) is 0 Å². The number of aliphatic hydroxyl groups is 1. The van der Waals surface area contributed by atoms with E-state index in [2.05, 4.69) is 9.51 Å². The van der Waals surface area contributed by atoms with Crippen LogP contribution >= 0.6 is 7.82 Å². The summed E-state index contributed by atoms with van der Waals surface area (Å²) in [6.07, 6.45) is -1.57. The molecule has 136 valence electrons. The van der Waals surface area contributed by atoms with Gasteiger partial charge >= 0.3 is 13.5 Å². The van der Waals surface area contributed by atoms with Crippen LogP contribution < -0.4 is 11.2 Å². The first-order valence-corrected chi connectivity index (χ1v) is 8.05. The molecule has 1 saturated heterocycles. The third kappa shape index (κ3) is 5.67. The number of H-pyrrole nitrogens is 1. The van der Waals surface area contributed by atoms with E-state index in [4.69, 9.17) is 24.4 Å². The van der Waals surface area contributed by atoms with Gasteiger partial charge in [-0.2, -0.15) is 0 Å². The van der Waals surface area contributed by atoms with Crippen LogP contribution in [0.2, 0.25) is 0 Å². The number of rotatable bonds is 4. The predicted octanol–water partition coefficient (Wildman–Crippen LogP) is -1.70. The molecule has 0 aliphatic carbocycles. The SMILES string of the molecule is Cc1cn([C@H]2C[C@H](O)[C@@H](COP(=O)(O)O)O2)c(=O)[nH]c1=O.O=CO. The number of aromatic amines is 1. The number of hydrogen-bond donors (Lipinski definition) is 5. The molecule has 0 radical (unpaired) electrons. The van der Waals surface area contributed by atoms with Gasteiger partial charge in [0.25, 0.3) is 12.0 Å². The number of phosphoric ester groups is 1. The monoisotopic (exact) mass is 368 g/mol. The summed E-state index contributed by atoms with van der Waals surface area (Å²) >= 11 is 0. The average molecular weight is 368 g/mol. The lowest BCUT2D eigenvalue weighted by Crippen LogP contribution is -2.33. The fourth-order valence-corrected chi connectivity index (χ4v) is 2.35. The van der Waals surface area contributed by atoms with E-state index in [0.29, 0.717) is 5.56 Å². The summed E-state index contributed by atoms with van der Waals surface area (Å²) < 4.78 is 21.4. The van der Waals surface area contributed by atoms with Crippen LogP contribution in [0.4, 0.5) is 0 Å². The number of ether oxygens (including phenoxy) is 1. The highest BCUT2D eigenvalue weighted by molar-refractivity contribution is 7.46. The number of aryl methyl sites for hydroxylation is 1. The highest BCUT2D eigenvalue weighted by Gasteiger charge is 2.37. The molecule has 0 aromatic carbocycles. The lowest BCUT2D eigenvalue weighted by atomic mass is 10.2. The Kier molecular flexibility index (Phi) is 7.02. The maximum atomic E-state index is 11.7. The molecule has 1 fully saturated rings. The summed E-state index contributed by atoms with van der Waals surface area (Å²) in [4.78, 5) is 50.7. The van der Waals surface area contributed by atoms with Crippen molar-refractivity contribution < 1.29 is 38.6 Å². The number of nitrogens with zero attached hydrogens (tertiary/aromatic N) is 1. The number of hydrogen-bond acceptors (Lipinski definition) is 7. The Morgan fingerprint density at radius 1 is 1.50 bits per heavy atom. The zero-order valence-corrected chi connectivity index (χ0v) is 13.3. The predicted molar refractivity (Wildman–Crippen MR) is 77.3 cm³/mol. The van der Waals surface area contributed by atoms with Crippen molar-refractivity contribution in [2.75, 3.05) is 6.61 Å². The third-order valence-corrected chi connectivity index (χ3v) is 3.55. The van der Waals surface area contributed by atoms with Gasteiger partial charge < -0.3 is 24.7 Å². The van der Waals surface area contributed by atoms with Gasteiger partial charge in [0.1, 0.15) is 12.3 Å². The summed E-state index contributed by atoms with van der Waals surface area (Å²) in [5.74, 6) is 0. The van der Waals surface area contributed by atoms with Crippen molar-refractivity contribution in [1.29, 1.82) is 0 Å². The van der Waals surface area contributed by atoms with Gasteiger partial charge in [-0.1, -0.05) is 0 Å². The van der Waals surface area contributed by atoms with Crippen LogP contribution in [0, 0.1) is 6.92 Å². The van der Waals surface area contributed by atoms with E-state index in [0.717, 1.165) is 4.57 Å². The molecule has 0 bridgehead atoms. The smallest absolute Gasteiger partial charge is 0.469 e. The van der Waals surface area contributed by atoms with Gasteiger partial charge in [0, 0.05) is 18.2 Å². The van der Waals surface area contributed by atoms with Crippen molar-refractivity contribution in [2.24, 2.45) is 0 Å². The van der Waals surface area contributed by atoms with Gasteiger partial charge in [-0.15, -0.1) is 0 Å². The zero-order valence-electron chi connectivity index (χ0n) is 12.4. The highest BCUT2D eigenvalue weighted by Crippen LogP contribution is 2.38. The summed E-state index contributed by atoms with van der Waals surface area (Å²) in [7, 11) is -4.67. The average Bonchev–Trinajstić information content (AvgIpc) is 2.82. The molecule has 1 aromatic heterocycles. The van der Waals surface area contributed by atoms with E-state index in [9.17, 15) is 19.3 Å². The Bertz CT molecular complexity index is 722. The van der Waals surface area contributed by atoms with Crippen LogP contribution in [0.1, 0.15) is 18.2 Å². The van der Waals surface area contributed by atoms with E-state index in [1.807, 2.05) is 0 Å². The molecule has 0 spiro atoms. The van der Waals surface area contributed by atoms with Gasteiger partial charge in [0.15, 0.2) is 0 Å². The Morgan fingerprint density at radius 3 is 2.62 bits per heavy atom. The Hall–Kier alpha value is -1.82. The van der Waals surface area contributed by atoms with E-state index < -0.39 is 44.1 Å². The molecule has 13 heteroatoms. The third-order valence-electron chi connectivity index (χ3n) is 3.07. The Balaban J connectivity index is 0.000000891. The Labute approximate surface area is 134 Å². The number of aliphatic hydroxyl groups excluding tert-OH is 1. The van der Waals surface area contributed by atoms with Crippen LogP contribution in [0.5, 0.6) is 0 Å². The summed E-state index contributed by atoms with van der Waals surface area (Å²) in [5, 5.41) is 16.7. The molecule has 0 unspecified atom stereocenters. The molecule has 3 atom stereocenters.